The second-order valence-electron chi connectivity index (χ2n) is 4.78. The number of hydrogen-bond donors (Lipinski definition) is 0. The van der Waals surface area contributed by atoms with Crippen LogP contribution in [-0.2, 0) is 16.2 Å². The Kier molecular flexibility index (Phi) is 4.76. The van der Waals surface area contributed by atoms with E-state index in [0.29, 0.717) is 5.56 Å². The lowest BCUT2D eigenvalue weighted by atomic mass is 9.98. The Morgan fingerprint density at radius 2 is 1.83 bits per heavy atom. The predicted octanol–water partition coefficient (Wildman–Crippen LogP) is 3.67. The highest BCUT2D eigenvalue weighted by Crippen LogP contribution is 2.20. The van der Waals surface area contributed by atoms with E-state index in [9.17, 15) is 4.79 Å². The molecular weight excluding hydrogens is 228 g/mol. The van der Waals surface area contributed by atoms with Crippen LogP contribution in [-0.4, -0.2) is 12.1 Å². The number of aryl methyl sites for hydroxylation is 1. The first-order valence-electron chi connectivity index (χ1n) is 6.76. The van der Waals surface area contributed by atoms with Crippen LogP contribution in [0.3, 0.4) is 0 Å². The maximum Gasteiger partial charge on any atom is 0.373 e. The first-order valence-corrected chi connectivity index (χ1v) is 6.76. The van der Waals surface area contributed by atoms with Crippen molar-refractivity contribution in [3.8, 4) is 0 Å². The molecule has 1 aromatic carbocycles. The van der Waals surface area contributed by atoms with Gasteiger partial charge in [0.05, 0.1) is 5.56 Å². The monoisotopic (exact) mass is 248 g/mol. The number of rotatable bonds is 4. The van der Waals surface area contributed by atoms with Crippen LogP contribution in [0.1, 0.15) is 54.9 Å². The molecular formula is C15H20O3. The Bertz CT molecular complexity index is 377. The molecule has 1 aliphatic carbocycles. The minimum atomic E-state index is -0.400. The standard InChI is InChI=1S/C15H20O3/c1-2-12-8-10-13(11-9-12)15(16)18-17-14-6-4-3-5-7-14/h8-11,14H,2-7H2,1H3. The van der Waals surface area contributed by atoms with Gasteiger partial charge in [0, 0.05) is 0 Å². The molecule has 1 fully saturated rings. The molecule has 0 N–H and O–H groups in total. The summed E-state index contributed by atoms with van der Waals surface area (Å²) in [6, 6.07) is 7.45. The molecule has 0 aromatic heterocycles. The van der Waals surface area contributed by atoms with E-state index >= 15 is 0 Å². The topological polar surface area (TPSA) is 35.5 Å². The van der Waals surface area contributed by atoms with E-state index < -0.39 is 5.97 Å². The number of carbonyl (C=O) groups excluding carboxylic acids is 1. The third-order valence-electron chi connectivity index (χ3n) is 3.41. The summed E-state index contributed by atoms with van der Waals surface area (Å²) in [7, 11) is 0. The van der Waals surface area contributed by atoms with Crippen LogP contribution >= 0.6 is 0 Å². The van der Waals surface area contributed by atoms with Crippen molar-refractivity contribution in [2.75, 3.05) is 0 Å². The minimum absolute atomic E-state index is 0.0811. The molecule has 1 aliphatic rings. The molecule has 18 heavy (non-hydrogen) atoms. The van der Waals surface area contributed by atoms with Crippen LogP contribution in [0.25, 0.3) is 0 Å². The zero-order chi connectivity index (χ0) is 12.8. The van der Waals surface area contributed by atoms with Gasteiger partial charge in [-0.2, -0.15) is 4.89 Å². The minimum Gasteiger partial charge on any atom is -0.293 e. The molecule has 0 amide bonds. The van der Waals surface area contributed by atoms with Crippen molar-refractivity contribution < 1.29 is 14.6 Å². The largest absolute Gasteiger partial charge is 0.373 e. The summed E-state index contributed by atoms with van der Waals surface area (Å²) >= 11 is 0. The van der Waals surface area contributed by atoms with E-state index in [4.69, 9.17) is 9.78 Å². The van der Waals surface area contributed by atoms with E-state index in [1.807, 2.05) is 12.1 Å². The summed E-state index contributed by atoms with van der Waals surface area (Å²) in [5, 5.41) is 0. The van der Waals surface area contributed by atoms with Crippen LogP contribution in [0, 0.1) is 0 Å². The first kappa shape index (κ1) is 13.1. The van der Waals surface area contributed by atoms with Gasteiger partial charge in [-0.15, -0.1) is 0 Å². The predicted molar refractivity (Wildman–Crippen MR) is 69.2 cm³/mol. The van der Waals surface area contributed by atoms with Crippen molar-refractivity contribution in [3.63, 3.8) is 0 Å². The van der Waals surface area contributed by atoms with E-state index in [0.717, 1.165) is 32.1 Å². The van der Waals surface area contributed by atoms with Gasteiger partial charge in [-0.3, -0.25) is 4.89 Å². The molecule has 98 valence electrons. The quantitative estimate of drug-likeness (QED) is 0.602. The van der Waals surface area contributed by atoms with Gasteiger partial charge in [-0.05, 0) is 37.0 Å². The zero-order valence-corrected chi connectivity index (χ0v) is 10.9. The van der Waals surface area contributed by atoms with Gasteiger partial charge in [0.2, 0.25) is 0 Å². The fourth-order valence-electron chi connectivity index (χ4n) is 2.20. The van der Waals surface area contributed by atoms with Gasteiger partial charge in [0.1, 0.15) is 6.10 Å². The summed E-state index contributed by atoms with van der Waals surface area (Å²) < 4.78 is 0. The molecule has 2 rings (SSSR count). The van der Waals surface area contributed by atoms with E-state index in [1.165, 1.54) is 12.0 Å². The van der Waals surface area contributed by atoms with Gasteiger partial charge in [0.25, 0.3) is 0 Å². The van der Waals surface area contributed by atoms with Crippen LogP contribution in [0.2, 0.25) is 0 Å². The Hall–Kier alpha value is -1.35. The van der Waals surface area contributed by atoms with E-state index in [-0.39, 0.29) is 6.10 Å². The summed E-state index contributed by atoms with van der Waals surface area (Å²) in [5.41, 5.74) is 1.75. The SMILES string of the molecule is CCc1ccc(C(=O)OOC2CCCCC2)cc1. The second-order valence-corrected chi connectivity index (χ2v) is 4.78. The number of hydrogen-bond acceptors (Lipinski definition) is 3. The van der Waals surface area contributed by atoms with Gasteiger partial charge in [-0.25, -0.2) is 4.79 Å². The molecule has 0 unspecified atom stereocenters. The molecule has 0 radical (unpaired) electrons. The summed E-state index contributed by atoms with van der Waals surface area (Å²) in [4.78, 5) is 21.8. The molecule has 3 heteroatoms. The molecule has 0 bridgehead atoms. The van der Waals surface area contributed by atoms with Gasteiger partial charge >= 0.3 is 5.97 Å². The van der Waals surface area contributed by atoms with Crippen LogP contribution < -0.4 is 0 Å². The number of benzene rings is 1. The average Bonchev–Trinajstić information content (AvgIpc) is 2.46. The molecule has 3 nitrogen and oxygen atoms in total. The Labute approximate surface area is 108 Å². The van der Waals surface area contributed by atoms with E-state index in [2.05, 4.69) is 6.92 Å². The lowest BCUT2D eigenvalue weighted by Crippen LogP contribution is -2.19. The highest BCUT2D eigenvalue weighted by atomic mass is 17.2. The zero-order valence-electron chi connectivity index (χ0n) is 10.9. The molecule has 0 aliphatic heterocycles. The van der Waals surface area contributed by atoms with Crippen molar-refractivity contribution in [2.24, 2.45) is 0 Å². The summed E-state index contributed by atoms with van der Waals surface area (Å²) in [6.07, 6.45) is 6.60. The maximum atomic E-state index is 11.7. The molecule has 0 heterocycles. The van der Waals surface area contributed by atoms with Crippen LogP contribution in [0.5, 0.6) is 0 Å². The van der Waals surface area contributed by atoms with Crippen LogP contribution in [0.15, 0.2) is 24.3 Å². The molecule has 0 atom stereocenters. The average molecular weight is 248 g/mol. The van der Waals surface area contributed by atoms with Crippen molar-refractivity contribution in [3.05, 3.63) is 35.4 Å². The third-order valence-corrected chi connectivity index (χ3v) is 3.41. The fourth-order valence-corrected chi connectivity index (χ4v) is 2.20. The normalized spacial score (nSPS) is 16.5. The smallest absolute Gasteiger partial charge is 0.293 e. The molecule has 1 saturated carbocycles. The lowest BCUT2D eigenvalue weighted by molar-refractivity contribution is -0.279. The van der Waals surface area contributed by atoms with Gasteiger partial charge in [0.15, 0.2) is 0 Å². The lowest BCUT2D eigenvalue weighted by Gasteiger charge is -2.19. The Morgan fingerprint density at radius 1 is 1.17 bits per heavy atom. The second kappa shape index (κ2) is 6.55. The molecule has 0 spiro atoms. The number of carbonyl (C=O) groups is 1. The Balaban J connectivity index is 1.82. The third kappa shape index (κ3) is 3.57. The maximum absolute atomic E-state index is 11.7. The Morgan fingerprint density at radius 3 is 2.44 bits per heavy atom. The van der Waals surface area contributed by atoms with Gasteiger partial charge < -0.3 is 0 Å². The van der Waals surface area contributed by atoms with Crippen molar-refractivity contribution >= 4 is 5.97 Å². The summed E-state index contributed by atoms with van der Waals surface area (Å²) in [5.74, 6) is -0.400. The molecule has 1 aromatic rings. The molecule has 0 saturated heterocycles. The van der Waals surface area contributed by atoms with Crippen molar-refractivity contribution in [1.82, 2.24) is 0 Å². The van der Waals surface area contributed by atoms with E-state index in [1.54, 1.807) is 12.1 Å². The van der Waals surface area contributed by atoms with Crippen molar-refractivity contribution in [2.45, 2.75) is 51.6 Å². The van der Waals surface area contributed by atoms with Gasteiger partial charge in [-0.1, -0.05) is 38.3 Å². The highest BCUT2D eigenvalue weighted by molar-refractivity contribution is 5.88. The first-order chi connectivity index (χ1) is 8.79. The van der Waals surface area contributed by atoms with Crippen LogP contribution in [0.4, 0.5) is 0 Å². The van der Waals surface area contributed by atoms with Crippen molar-refractivity contribution in [1.29, 1.82) is 0 Å². The summed E-state index contributed by atoms with van der Waals surface area (Å²) in [6.45, 7) is 2.08. The highest BCUT2D eigenvalue weighted by Gasteiger charge is 2.17. The fraction of sp³-hybridized carbons (Fsp3) is 0.533.